The van der Waals surface area contributed by atoms with Crippen LogP contribution in [0.15, 0.2) is 48.5 Å². The van der Waals surface area contributed by atoms with Crippen LogP contribution in [0, 0.1) is 18.3 Å². The number of nitriles is 1. The highest BCUT2D eigenvalue weighted by Crippen LogP contribution is 2.33. The number of nitrogens with zero attached hydrogens (tertiary/aromatic N) is 1. The Balaban J connectivity index is 2.34. The van der Waals surface area contributed by atoms with Gasteiger partial charge >= 0.3 is 6.18 Å². The first-order chi connectivity index (χ1) is 10.8. The van der Waals surface area contributed by atoms with Crippen molar-refractivity contribution in [3.8, 4) is 6.07 Å². The molecule has 0 spiro atoms. The molecule has 0 aromatic heterocycles. The fraction of sp³-hybridized carbons (Fsp3) is 0.222. The minimum Gasteiger partial charge on any atom is -0.297 e. The molecule has 0 amide bonds. The Kier molecular flexibility index (Phi) is 4.85. The highest BCUT2D eigenvalue weighted by molar-refractivity contribution is 5.90. The largest absolute Gasteiger partial charge is 0.416 e. The molecular weight excluding hydrogens is 303 g/mol. The smallest absolute Gasteiger partial charge is 0.297 e. The average molecular weight is 317 g/mol. The molecule has 1 atom stereocenters. The van der Waals surface area contributed by atoms with Crippen molar-refractivity contribution in [3.05, 3.63) is 70.8 Å². The molecule has 0 saturated carbocycles. The Morgan fingerprint density at radius 2 is 1.83 bits per heavy atom. The number of benzene rings is 2. The minimum absolute atomic E-state index is 0.00868. The van der Waals surface area contributed by atoms with Crippen molar-refractivity contribution in [2.75, 3.05) is 0 Å². The van der Waals surface area contributed by atoms with Gasteiger partial charge in [-0.1, -0.05) is 36.4 Å². The number of carbonyl (C=O) groups excluding carboxylic acids is 1. The van der Waals surface area contributed by atoms with Gasteiger partial charge in [-0.25, -0.2) is 0 Å². The number of hydrogen-bond acceptors (Lipinski definition) is 2. The Bertz CT molecular complexity index is 745. The van der Waals surface area contributed by atoms with Gasteiger partial charge in [0.2, 0.25) is 0 Å². The summed E-state index contributed by atoms with van der Waals surface area (Å²) in [6.07, 6.45) is -4.50. The second-order valence-corrected chi connectivity index (χ2v) is 5.26. The van der Waals surface area contributed by atoms with Crippen molar-refractivity contribution in [1.82, 2.24) is 0 Å². The van der Waals surface area contributed by atoms with Crippen LogP contribution < -0.4 is 0 Å². The van der Waals surface area contributed by atoms with Crippen molar-refractivity contribution >= 4 is 5.78 Å². The van der Waals surface area contributed by atoms with E-state index >= 15 is 0 Å². The van der Waals surface area contributed by atoms with Gasteiger partial charge in [-0.2, -0.15) is 18.4 Å². The number of halogens is 3. The molecule has 0 fully saturated rings. The van der Waals surface area contributed by atoms with Crippen LogP contribution in [0.4, 0.5) is 13.2 Å². The van der Waals surface area contributed by atoms with Crippen LogP contribution in [-0.2, 0) is 17.4 Å². The fourth-order valence-corrected chi connectivity index (χ4v) is 2.34. The summed E-state index contributed by atoms with van der Waals surface area (Å²) >= 11 is 0. The van der Waals surface area contributed by atoms with Crippen LogP contribution in [0.5, 0.6) is 0 Å². The standard InChI is InChI=1S/C18H14F3NO/c1-12-7-8-14(18(19,20)21)10-15(12)16(11-22)17(23)9-13-5-3-2-4-6-13/h2-8,10,16H,9H2,1H3. The van der Waals surface area contributed by atoms with Crippen molar-refractivity contribution in [1.29, 1.82) is 5.26 Å². The van der Waals surface area contributed by atoms with Gasteiger partial charge in [-0.05, 0) is 35.7 Å². The summed E-state index contributed by atoms with van der Waals surface area (Å²) in [5, 5.41) is 9.29. The molecule has 1 unspecified atom stereocenters. The Labute approximate surface area is 132 Å². The lowest BCUT2D eigenvalue weighted by molar-refractivity contribution is -0.137. The zero-order valence-corrected chi connectivity index (χ0v) is 12.4. The second-order valence-electron chi connectivity index (χ2n) is 5.26. The average Bonchev–Trinajstić information content (AvgIpc) is 2.49. The highest BCUT2D eigenvalue weighted by atomic mass is 19.4. The molecule has 0 heterocycles. The van der Waals surface area contributed by atoms with Gasteiger partial charge in [0.15, 0.2) is 5.78 Å². The lowest BCUT2D eigenvalue weighted by atomic mass is 9.88. The number of ketones is 1. The number of aryl methyl sites for hydroxylation is 1. The van der Waals surface area contributed by atoms with E-state index in [1.54, 1.807) is 37.3 Å². The summed E-state index contributed by atoms with van der Waals surface area (Å²) in [7, 11) is 0. The van der Waals surface area contributed by atoms with Crippen LogP contribution in [-0.4, -0.2) is 5.78 Å². The number of alkyl halides is 3. The summed E-state index contributed by atoms with van der Waals surface area (Å²) in [5.41, 5.74) is 0.474. The zero-order valence-electron chi connectivity index (χ0n) is 12.4. The van der Waals surface area contributed by atoms with E-state index in [2.05, 4.69) is 0 Å². The van der Waals surface area contributed by atoms with E-state index in [9.17, 15) is 23.2 Å². The molecule has 5 heteroatoms. The molecule has 2 rings (SSSR count). The minimum atomic E-state index is -4.51. The van der Waals surface area contributed by atoms with E-state index in [0.29, 0.717) is 5.56 Å². The molecule has 2 aromatic rings. The third-order valence-corrected chi connectivity index (χ3v) is 3.59. The molecule has 0 radical (unpaired) electrons. The van der Waals surface area contributed by atoms with E-state index in [0.717, 1.165) is 17.7 Å². The number of carbonyl (C=O) groups is 1. The molecule has 0 aliphatic heterocycles. The molecular formula is C18H14F3NO. The maximum atomic E-state index is 12.8. The maximum Gasteiger partial charge on any atom is 0.416 e. The van der Waals surface area contributed by atoms with Crippen LogP contribution in [0.25, 0.3) is 0 Å². The van der Waals surface area contributed by atoms with E-state index in [1.807, 2.05) is 6.07 Å². The van der Waals surface area contributed by atoms with Gasteiger partial charge in [0.1, 0.15) is 5.92 Å². The van der Waals surface area contributed by atoms with Crippen molar-refractivity contribution in [3.63, 3.8) is 0 Å². The van der Waals surface area contributed by atoms with E-state index in [4.69, 9.17) is 0 Å². The van der Waals surface area contributed by atoms with Gasteiger partial charge in [0.05, 0.1) is 11.6 Å². The highest BCUT2D eigenvalue weighted by Gasteiger charge is 2.32. The third kappa shape index (κ3) is 3.98. The van der Waals surface area contributed by atoms with Crippen molar-refractivity contribution < 1.29 is 18.0 Å². The van der Waals surface area contributed by atoms with Crippen molar-refractivity contribution in [2.45, 2.75) is 25.4 Å². The summed E-state index contributed by atoms with van der Waals surface area (Å²) in [5.74, 6) is -1.63. The Morgan fingerprint density at radius 3 is 2.39 bits per heavy atom. The maximum absolute atomic E-state index is 12.8. The molecule has 0 saturated heterocycles. The van der Waals surface area contributed by atoms with E-state index in [1.165, 1.54) is 6.07 Å². The molecule has 2 nitrogen and oxygen atoms in total. The van der Waals surface area contributed by atoms with Crippen LogP contribution in [0.3, 0.4) is 0 Å². The SMILES string of the molecule is Cc1ccc(C(F)(F)F)cc1C(C#N)C(=O)Cc1ccccc1. The predicted octanol–water partition coefficient (Wildman–Crippen LogP) is 4.43. The molecule has 0 aliphatic rings. The molecule has 0 bridgehead atoms. The Hall–Kier alpha value is -2.61. The van der Waals surface area contributed by atoms with Gasteiger partial charge < -0.3 is 0 Å². The second kappa shape index (κ2) is 6.66. The monoisotopic (exact) mass is 317 g/mol. The molecule has 2 aromatic carbocycles. The summed E-state index contributed by atoms with van der Waals surface area (Å²) in [6.45, 7) is 1.59. The first-order valence-electron chi connectivity index (χ1n) is 6.97. The third-order valence-electron chi connectivity index (χ3n) is 3.59. The molecule has 0 aliphatic carbocycles. The van der Waals surface area contributed by atoms with Crippen LogP contribution in [0.2, 0.25) is 0 Å². The summed E-state index contributed by atoms with van der Waals surface area (Å²) in [4.78, 5) is 12.4. The van der Waals surface area contributed by atoms with E-state index in [-0.39, 0.29) is 12.0 Å². The topological polar surface area (TPSA) is 40.9 Å². The van der Waals surface area contributed by atoms with E-state index < -0.39 is 23.4 Å². The molecule has 118 valence electrons. The first-order valence-corrected chi connectivity index (χ1v) is 6.97. The van der Waals surface area contributed by atoms with Crippen molar-refractivity contribution in [2.24, 2.45) is 0 Å². The van der Waals surface area contributed by atoms with Gasteiger partial charge in [-0.3, -0.25) is 4.79 Å². The molecule has 23 heavy (non-hydrogen) atoms. The lowest BCUT2D eigenvalue weighted by Gasteiger charge is -2.15. The first kappa shape index (κ1) is 16.8. The number of rotatable bonds is 4. The number of Topliss-reactive ketones (excluding diaryl/α,β-unsaturated/α-hetero) is 1. The van der Waals surface area contributed by atoms with Crippen LogP contribution >= 0.6 is 0 Å². The van der Waals surface area contributed by atoms with Gasteiger partial charge in [0, 0.05) is 6.42 Å². The molecule has 0 N–H and O–H groups in total. The summed E-state index contributed by atoms with van der Waals surface area (Å²) in [6, 6.07) is 13.8. The Morgan fingerprint density at radius 1 is 1.17 bits per heavy atom. The quantitative estimate of drug-likeness (QED) is 0.837. The van der Waals surface area contributed by atoms with Gasteiger partial charge in [-0.15, -0.1) is 0 Å². The van der Waals surface area contributed by atoms with Crippen LogP contribution in [0.1, 0.15) is 28.2 Å². The normalized spacial score (nSPS) is 12.5. The fourth-order valence-electron chi connectivity index (χ4n) is 2.34. The number of hydrogen-bond donors (Lipinski definition) is 0. The zero-order chi connectivity index (χ0) is 17.0. The van der Waals surface area contributed by atoms with Gasteiger partial charge in [0.25, 0.3) is 0 Å². The lowest BCUT2D eigenvalue weighted by Crippen LogP contribution is -2.16. The summed E-state index contributed by atoms with van der Waals surface area (Å²) < 4.78 is 38.5. The predicted molar refractivity (Wildman–Crippen MR) is 79.7 cm³/mol.